The van der Waals surface area contributed by atoms with E-state index in [1.54, 1.807) is 0 Å². The number of carbonyl (C=O) groups is 2. The molecule has 1 heterocycles. The van der Waals surface area contributed by atoms with Crippen LogP contribution >= 0.6 is 0 Å². The summed E-state index contributed by atoms with van der Waals surface area (Å²) in [5.41, 5.74) is 0.642. The number of hydrogen-bond acceptors (Lipinski definition) is 4. The van der Waals surface area contributed by atoms with Crippen molar-refractivity contribution in [2.45, 2.75) is 6.36 Å². The molecule has 1 aromatic carbocycles. The van der Waals surface area contributed by atoms with Crippen LogP contribution in [0, 0.1) is 0 Å². The van der Waals surface area contributed by atoms with E-state index in [1.165, 1.54) is 25.4 Å². The van der Waals surface area contributed by atoms with Crippen molar-refractivity contribution in [1.82, 2.24) is 10.3 Å². The van der Waals surface area contributed by atoms with Crippen molar-refractivity contribution >= 4 is 22.8 Å². The van der Waals surface area contributed by atoms with Crippen molar-refractivity contribution in [1.29, 1.82) is 0 Å². The molecule has 0 unspecified atom stereocenters. The molecule has 6 nitrogen and oxygen atoms in total. The van der Waals surface area contributed by atoms with Crippen LogP contribution in [-0.2, 0) is 9.53 Å². The third-order valence-electron chi connectivity index (χ3n) is 2.97. The van der Waals surface area contributed by atoms with Gasteiger partial charge in [-0.3, -0.25) is 4.79 Å². The van der Waals surface area contributed by atoms with E-state index in [-0.39, 0.29) is 17.5 Å². The molecule has 0 spiro atoms. The van der Waals surface area contributed by atoms with Crippen LogP contribution in [0.1, 0.15) is 10.4 Å². The monoisotopic (exact) mass is 342 g/mol. The Labute approximate surface area is 134 Å². The first-order valence-electron chi connectivity index (χ1n) is 6.70. The standard InChI is InChI=1S/C15H13F3N2O4/c1-23-13(21)3-2-6-19-14(22)11-8-20-12-5-4-9(7-10(11)12)24-15(16,17)18/h2-5,7-8,20H,6H2,1H3,(H,19,22)/b3-2+. The summed E-state index contributed by atoms with van der Waals surface area (Å²) < 4.78 is 45.0. The van der Waals surface area contributed by atoms with Crippen molar-refractivity contribution in [2.75, 3.05) is 13.7 Å². The maximum Gasteiger partial charge on any atom is 0.573 e. The largest absolute Gasteiger partial charge is 0.573 e. The number of aromatic amines is 1. The summed E-state index contributed by atoms with van der Waals surface area (Å²) in [6.07, 6.45) is -0.909. The Hall–Kier alpha value is -2.97. The molecule has 2 N–H and O–H groups in total. The number of alkyl halides is 3. The van der Waals surface area contributed by atoms with Gasteiger partial charge in [0, 0.05) is 29.7 Å². The molecule has 0 fully saturated rings. The van der Waals surface area contributed by atoms with Crippen molar-refractivity contribution < 1.29 is 32.2 Å². The number of benzene rings is 1. The van der Waals surface area contributed by atoms with Gasteiger partial charge in [0.05, 0.1) is 12.7 Å². The van der Waals surface area contributed by atoms with Gasteiger partial charge in [0.2, 0.25) is 0 Å². The number of fused-ring (bicyclic) bond motifs is 1. The lowest BCUT2D eigenvalue weighted by Gasteiger charge is -2.09. The average Bonchev–Trinajstić information content (AvgIpc) is 2.92. The zero-order chi connectivity index (χ0) is 17.7. The van der Waals surface area contributed by atoms with Crippen LogP contribution in [0.4, 0.5) is 13.2 Å². The van der Waals surface area contributed by atoms with Gasteiger partial charge in [-0.2, -0.15) is 0 Å². The number of amides is 1. The third kappa shape index (κ3) is 4.51. The first-order chi connectivity index (χ1) is 11.3. The number of halogens is 3. The molecule has 2 rings (SSSR count). The molecule has 0 bridgehead atoms. The molecule has 0 aliphatic carbocycles. The smallest absolute Gasteiger partial charge is 0.466 e. The van der Waals surface area contributed by atoms with Crippen LogP contribution in [-0.4, -0.2) is 36.9 Å². The molecular formula is C15H13F3N2O4. The normalized spacial score (nSPS) is 11.7. The Morgan fingerprint density at radius 2 is 2.08 bits per heavy atom. The molecule has 0 aliphatic heterocycles. The number of esters is 1. The number of aromatic nitrogens is 1. The van der Waals surface area contributed by atoms with E-state index in [0.717, 1.165) is 18.2 Å². The summed E-state index contributed by atoms with van der Waals surface area (Å²) in [6.45, 7) is 0.0549. The van der Waals surface area contributed by atoms with Crippen LogP contribution < -0.4 is 10.1 Å². The molecule has 0 saturated heterocycles. The van der Waals surface area contributed by atoms with E-state index in [9.17, 15) is 22.8 Å². The van der Waals surface area contributed by atoms with Gasteiger partial charge in [0.15, 0.2) is 0 Å². The molecule has 0 atom stereocenters. The molecule has 0 saturated carbocycles. The quantitative estimate of drug-likeness (QED) is 0.646. The number of nitrogens with one attached hydrogen (secondary N) is 2. The molecule has 0 aliphatic rings. The highest BCUT2D eigenvalue weighted by Crippen LogP contribution is 2.28. The Balaban J connectivity index is 2.13. The minimum absolute atomic E-state index is 0.0549. The van der Waals surface area contributed by atoms with E-state index >= 15 is 0 Å². The summed E-state index contributed by atoms with van der Waals surface area (Å²) in [6, 6.07) is 3.65. The first-order valence-corrected chi connectivity index (χ1v) is 6.70. The van der Waals surface area contributed by atoms with Gasteiger partial charge in [-0.1, -0.05) is 6.08 Å². The molecule has 2 aromatic rings. The number of ether oxygens (including phenoxy) is 2. The number of carbonyl (C=O) groups excluding carboxylic acids is 2. The lowest BCUT2D eigenvalue weighted by molar-refractivity contribution is -0.274. The first kappa shape index (κ1) is 17.4. The van der Waals surface area contributed by atoms with Crippen LogP contribution in [0.5, 0.6) is 5.75 Å². The van der Waals surface area contributed by atoms with Crippen molar-refractivity contribution in [3.8, 4) is 5.75 Å². The zero-order valence-electron chi connectivity index (χ0n) is 12.4. The fourth-order valence-electron chi connectivity index (χ4n) is 1.95. The van der Waals surface area contributed by atoms with Crippen molar-refractivity contribution in [3.05, 3.63) is 42.1 Å². The summed E-state index contributed by atoms with van der Waals surface area (Å²) in [5, 5.41) is 2.79. The maximum atomic E-state index is 12.3. The van der Waals surface area contributed by atoms with Crippen LogP contribution in [0.25, 0.3) is 10.9 Å². The van der Waals surface area contributed by atoms with Crippen LogP contribution in [0.15, 0.2) is 36.5 Å². The van der Waals surface area contributed by atoms with Gasteiger partial charge in [-0.15, -0.1) is 13.2 Å². The lowest BCUT2D eigenvalue weighted by Crippen LogP contribution is -2.23. The SMILES string of the molecule is COC(=O)/C=C/CNC(=O)c1c[nH]c2ccc(OC(F)(F)F)cc12. The van der Waals surface area contributed by atoms with Gasteiger partial charge in [0.25, 0.3) is 5.91 Å². The Kier molecular flexibility index (Phi) is 5.12. The Morgan fingerprint density at radius 1 is 1.33 bits per heavy atom. The summed E-state index contributed by atoms with van der Waals surface area (Å²) >= 11 is 0. The maximum absolute atomic E-state index is 12.3. The van der Waals surface area contributed by atoms with E-state index < -0.39 is 24.0 Å². The highest BCUT2D eigenvalue weighted by Gasteiger charge is 2.31. The average molecular weight is 342 g/mol. The minimum atomic E-state index is -4.81. The number of methoxy groups -OCH3 is 1. The molecule has 1 aromatic heterocycles. The van der Waals surface area contributed by atoms with Crippen molar-refractivity contribution in [2.24, 2.45) is 0 Å². The summed E-state index contributed by atoms with van der Waals surface area (Å²) in [7, 11) is 1.22. The van der Waals surface area contributed by atoms with E-state index in [4.69, 9.17) is 0 Å². The highest BCUT2D eigenvalue weighted by molar-refractivity contribution is 6.07. The lowest BCUT2D eigenvalue weighted by atomic mass is 10.1. The van der Waals surface area contributed by atoms with E-state index in [2.05, 4.69) is 19.8 Å². The van der Waals surface area contributed by atoms with Gasteiger partial charge in [-0.25, -0.2) is 4.79 Å². The number of H-pyrrole nitrogens is 1. The fraction of sp³-hybridized carbons (Fsp3) is 0.200. The van der Waals surface area contributed by atoms with Crippen LogP contribution in [0.3, 0.4) is 0 Å². The van der Waals surface area contributed by atoms with E-state index in [1.807, 2.05) is 0 Å². The fourth-order valence-corrected chi connectivity index (χ4v) is 1.95. The summed E-state index contributed by atoms with van der Waals surface area (Å²) in [4.78, 5) is 25.8. The Bertz CT molecular complexity index is 781. The predicted molar refractivity (Wildman–Crippen MR) is 78.5 cm³/mol. The zero-order valence-corrected chi connectivity index (χ0v) is 12.4. The number of rotatable bonds is 5. The minimum Gasteiger partial charge on any atom is -0.466 e. The van der Waals surface area contributed by atoms with Gasteiger partial charge in [-0.05, 0) is 18.2 Å². The van der Waals surface area contributed by atoms with E-state index in [0.29, 0.717) is 5.52 Å². The van der Waals surface area contributed by atoms with Gasteiger partial charge >= 0.3 is 12.3 Å². The Morgan fingerprint density at radius 3 is 2.75 bits per heavy atom. The van der Waals surface area contributed by atoms with Crippen molar-refractivity contribution in [3.63, 3.8) is 0 Å². The third-order valence-corrected chi connectivity index (χ3v) is 2.97. The molecule has 1 amide bonds. The summed E-state index contributed by atoms with van der Waals surface area (Å²) in [5.74, 6) is -1.50. The molecular weight excluding hydrogens is 329 g/mol. The topological polar surface area (TPSA) is 80.4 Å². The second kappa shape index (κ2) is 7.07. The predicted octanol–water partition coefficient (Wildman–Crippen LogP) is 2.53. The van der Waals surface area contributed by atoms with Crippen LogP contribution in [0.2, 0.25) is 0 Å². The highest BCUT2D eigenvalue weighted by atomic mass is 19.4. The number of hydrogen-bond donors (Lipinski definition) is 2. The molecule has 0 radical (unpaired) electrons. The molecule has 128 valence electrons. The second-order valence-corrected chi connectivity index (χ2v) is 4.59. The second-order valence-electron chi connectivity index (χ2n) is 4.59. The van der Waals surface area contributed by atoms with Gasteiger partial charge in [0.1, 0.15) is 5.75 Å². The molecule has 9 heteroatoms. The molecule has 24 heavy (non-hydrogen) atoms. The van der Waals surface area contributed by atoms with Gasteiger partial charge < -0.3 is 19.8 Å².